The fourth-order valence-corrected chi connectivity index (χ4v) is 3.48. The van der Waals surface area contributed by atoms with Gasteiger partial charge in [-0.1, -0.05) is 0 Å². The van der Waals surface area contributed by atoms with Gasteiger partial charge in [0.15, 0.2) is 9.84 Å². The Morgan fingerprint density at radius 1 is 1.17 bits per heavy atom. The number of benzene rings is 1. The first-order valence-electron chi connectivity index (χ1n) is 9.28. The van der Waals surface area contributed by atoms with Gasteiger partial charge in [-0.2, -0.15) is 10.5 Å². The summed E-state index contributed by atoms with van der Waals surface area (Å²) in [6.45, 7) is 7.35. The van der Waals surface area contributed by atoms with E-state index in [1.165, 1.54) is 18.3 Å². The highest BCUT2D eigenvalue weighted by Crippen LogP contribution is 2.30. The highest BCUT2D eigenvalue weighted by molar-refractivity contribution is 7.90. The number of amides is 1. The molecule has 1 aliphatic rings. The van der Waals surface area contributed by atoms with Gasteiger partial charge in [0.25, 0.3) is 0 Å². The summed E-state index contributed by atoms with van der Waals surface area (Å²) in [7, 11) is -3.44. The zero-order valence-electron chi connectivity index (χ0n) is 17.5. The van der Waals surface area contributed by atoms with Crippen LogP contribution in [0.25, 0.3) is 0 Å². The van der Waals surface area contributed by atoms with E-state index in [0.29, 0.717) is 37.6 Å². The van der Waals surface area contributed by atoms with E-state index >= 15 is 0 Å². The van der Waals surface area contributed by atoms with E-state index in [4.69, 9.17) is 15.3 Å². The number of piperazine rings is 1. The van der Waals surface area contributed by atoms with Crippen molar-refractivity contribution in [3.63, 3.8) is 0 Å². The zero-order valence-corrected chi connectivity index (χ0v) is 18.3. The molecule has 0 unspecified atom stereocenters. The molecule has 1 fully saturated rings. The molecule has 1 amide bonds. The maximum Gasteiger partial charge on any atom is 0.410 e. The summed E-state index contributed by atoms with van der Waals surface area (Å²) < 4.78 is 29.3. The summed E-state index contributed by atoms with van der Waals surface area (Å²) in [5.74, 6) is 0. The van der Waals surface area contributed by atoms with Crippen LogP contribution in [0, 0.1) is 22.7 Å². The van der Waals surface area contributed by atoms with Crippen molar-refractivity contribution in [2.75, 3.05) is 42.7 Å². The molecule has 1 N–H and O–H groups in total. The van der Waals surface area contributed by atoms with E-state index in [0.717, 1.165) is 6.26 Å². The van der Waals surface area contributed by atoms with E-state index in [1.54, 1.807) is 23.1 Å². The second-order valence-electron chi connectivity index (χ2n) is 7.83. The van der Waals surface area contributed by atoms with Gasteiger partial charge in [-0.3, -0.25) is 0 Å². The first-order valence-corrected chi connectivity index (χ1v) is 11.2. The van der Waals surface area contributed by atoms with Crippen molar-refractivity contribution < 1.29 is 17.9 Å². The normalized spacial score (nSPS) is 14.3. The van der Waals surface area contributed by atoms with Gasteiger partial charge >= 0.3 is 6.09 Å². The first-order chi connectivity index (χ1) is 13.9. The summed E-state index contributed by atoms with van der Waals surface area (Å²) in [5.41, 5.74) is 0.447. The summed E-state index contributed by atoms with van der Waals surface area (Å²) in [5, 5.41) is 20.7. The number of nitriles is 2. The van der Waals surface area contributed by atoms with Gasteiger partial charge in [0, 0.05) is 38.6 Å². The molecule has 0 bridgehead atoms. The predicted octanol–water partition coefficient (Wildman–Crippen LogP) is 2.49. The molecule has 2 rings (SSSR count). The standard InChI is InChI=1S/C20H25N5O4S/c1-20(2,3)29-19(26)25-9-7-24(8-10-25)18-6-5-16(30(4,27)28)11-17(18)23-14-15(12-21)13-22/h5-6,11,14,23H,7-10H2,1-4H3. The third kappa shape index (κ3) is 6.13. The van der Waals surface area contributed by atoms with Gasteiger partial charge in [-0.05, 0) is 39.0 Å². The lowest BCUT2D eigenvalue weighted by atomic mass is 10.2. The maximum atomic E-state index is 12.3. The third-order valence-corrected chi connectivity index (χ3v) is 5.39. The quantitative estimate of drug-likeness (QED) is 0.721. The van der Waals surface area contributed by atoms with Gasteiger partial charge < -0.3 is 19.9 Å². The number of ether oxygens (including phenoxy) is 1. The lowest BCUT2D eigenvalue weighted by Crippen LogP contribution is -2.50. The molecule has 1 aromatic rings. The lowest BCUT2D eigenvalue weighted by molar-refractivity contribution is 0.0240. The molecule has 1 aromatic carbocycles. The molecule has 0 atom stereocenters. The van der Waals surface area contributed by atoms with E-state index in [1.807, 2.05) is 25.7 Å². The van der Waals surface area contributed by atoms with E-state index < -0.39 is 15.4 Å². The van der Waals surface area contributed by atoms with Crippen LogP contribution in [0.4, 0.5) is 16.2 Å². The Kier molecular flexibility index (Phi) is 6.96. The number of carbonyl (C=O) groups excluding carboxylic acids is 1. The Hall–Kier alpha value is -3.24. The smallest absolute Gasteiger partial charge is 0.410 e. The molecule has 9 nitrogen and oxygen atoms in total. The Morgan fingerprint density at radius 2 is 1.77 bits per heavy atom. The minimum Gasteiger partial charge on any atom is -0.444 e. The Balaban J connectivity index is 2.25. The highest BCUT2D eigenvalue weighted by atomic mass is 32.2. The molecular weight excluding hydrogens is 406 g/mol. The minimum absolute atomic E-state index is 0.116. The number of sulfone groups is 1. The van der Waals surface area contributed by atoms with Crippen LogP contribution >= 0.6 is 0 Å². The average molecular weight is 432 g/mol. The lowest BCUT2D eigenvalue weighted by Gasteiger charge is -2.37. The van der Waals surface area contributed by atoms with E-state index in [9.17, 15) is 13.2 Å². The molecule has 0 radical (unpaired) electrons. The van der Waals surface area contributed by atoms with Crippen LogP contribution in [0.15, 0.2) is 34.9 Å². The molecule has 1 aliphatic heterocycles. The van der Waals surface area contributed by atoms with Crippen molar-refractivity contribution in [2.24, 2.45) is 0 Å². The second kappa shape index (κ2) is 9.06. The number of rotatable bonds is 4. The number of carbonyl (C=O) groups is 1. The number of anilines is 2. The average Bonchev–Trinajstić information content (AvgIpc) is 2.67. The second-order valence-corrected chi connectivity index (χ2v) is 9.85. The Bertz CT molecular complexity index is 1000. The van der Waals surface area contributed by atoms with Crippen LogP contribution in [0.5, 0.6) is 0 Å². The first kappa shape index (κ1) is 23.0. The SMILES string of the molecule is CC(C)(C)OC(=O)N1CCN(c2ccc(S(C)(=O)=O)cc2NC=C(C#N)C#N)CC1. The van der Waals surface area contributed by atoms with Crippen molar-refractivity contribution >= 4 is 27.3 Å². The number of nitrogens with zero attached hydrogens (tertiary/aromatic N) is 4. The Labute approximate surface area is 177 Å². The summed E-state index contributed by atoms with van der Waals surface area (Å²) in [4.78, 5) is 16.0. The monoisotopic (exact) mass is 431 g/mol. The minimum atomic E-state index is -3.44. The van der Waals surface area contributed by atoms with Crippen LogP contribution in [0.1, 0.15) is 20.8 Å². The van der Waals surface area contributed by atoms with Crippen LogP contribution in [0.2, 0.25) is 0 Å². The fourth-order valence-electron chi connectivity index (χ4n) is 2.83. The third-order valence-electron chi connectivity index (χ3n) is 4.28. The highest BCUT2D eigenvalue weighted by Gasteiger charge is 2.27. The Morgan fingerprint density at radius 3 is 2.27 bits per heavy atom. The maximum absolute atomic E-state index is 12.3. The summed E-state index contributed by atoms with van der Waals surface area (Å²) >= 11 is 0. The number of nitrogens with one attached hydrogen (secondary N) is 1. The van der Waals surface area contributed by atoms with Crippen LogP contribution in [-0.4, -0.2) is 57.4 Å². The largest absolute Gasteiger partial charge is 0.444 e. The molecule has 0 saturated carbocycles. The molecule has 0 aliphatic carbocycles. The molecule has 1 heterocycles. The van der Waals surface area contributed by atoms with E-state index in [-0.39, 0.29) is 16.6 Å². The van der Waals surface area contributed by atoms with Gasteiger partial charge in [-0.25, -0.2) is 13.2 Å². The zero-order chi connectivity index (χ0) is 22.5. The van der Waals surface area contributed by atoms with Gasteiger partial charge in [0.2, 0.25) is 0 Å². The van der Waals surface area contributed by atoms with Crippen molar-refractivity contribution in [3.8, 4) is 12.1 Å². The van der Waals surface area contributed by atoms with Gasteiger partial charge in [-0.15, -0.1) is 0 Å². The summed E-state index contributed by atoms with van der Waals surface area (Å²) in [6.07, 6.45) is 1.97. The fraction of sp³-hybridized carbons (Fsp3) is 0.450. The number of hydrogen-bond donors (Lipinski definition) is 1. The number of allylic oxidation sites excluding steroid dienone is 1. The van der Waals surface area contributed by atoms with Crippen molar-refractivity contribution in [2.45, 2.75) is 31.3 Å². The summed E-state index contributed by atoms with van der Waals surface area (Å²) in [6, 6.07) is 8.15. The molecule has 160 valence electrons. The van der Waals surface area contributed by atoms with Crippen molar-refractivity contribution in [3.05, 3.63) is 30.0 Å². The topological polar surface area (TPSA) is 127 Å². The van der Waals surface area contributed by atoms with Crippen LogP contribution in [-0.2, 0) is 14.6 Å². The van der Waals surface area contributed by atoms with Crippen LogP contribution in [0.3, 0.4) is 0 Å². The van der Waals surface area contributed by atoms with Gasteiger partial charge in [0.1, 0.15) is 23.3 Å². The molecule has 0 aromatic heterocycles. The number of hydrogen-bond acceptors (Lipinski definition) is 8. The molecular formula is C20H25N5O4S. The van der Waals surface area contributed by atoms with Crippen molar-refractivity contribution in [1.29, 1.82) is 10.5 Å². The van der Waals surface area contributed by atoms with Gasteiger partial charge in [0.05, 0.1) is 16.3 Å². The molecule has 0 spiro atoms. The van der Waals surface area contributed by atoms with Crippen LogP contribution < -0.4 is 10.2 Å². The molecule has 10 heteroatoms. The van der Waals surface area contributed by atoms with E-state index in [2.05, 4.69) is 5.32 Å². The van der Waals surface area contributed by atoms with Crippen molar-refractivity contribution in [1.82, 2.24) is 4.90 Å². The predicted molar refractivity (Wildman–Crippen MR) is 113 cm³/mol. The molecule has 1 saturated heterocycles. The molecule has 30 heavy (non-hydrogen) atoms.